The van der Waals surface area contributed by atoms with E-state index in [1.807, 2.05) is 6.07 Å². The van der Waals surface area contributed by atoms with E-state index in [1.165, 1.54) is 5.56 Å². The molecule has 0 atom stereocenters. The summed E-state index contributed by atoms with van der Waals surface area (Å²) in [7, 11) is 0. The van der Waals surface area contributed by atoms with Gasteiger partial charge in [-0.3, -0.25) is 4.99 Å². The largest absolute Gasteiger partial charge is 0.338 e. The van der Waals surface area contributed by atoms with Crippen molar-refractivity contribution in [2.24, 2.45) is 4.99 Å². The van der Waals surface area contributed by atoms with E-state index in [0.29, 0.717) is 16.5 Å². The van der Waals surface area contributed by atoms with Crippen molar-refractivity contribution in [2.75, 3.05) is 5.32 Å². The first-order valence-corrected chi connectivity index (χ1v) is 5.68. The predicted molar refractivity (Wildman–Crippen MR) is 71.0 cm³/mol. The Balaban J connectivity index is 2.20. The zero-order chi connectivity index (χ0) is 11.8. The number of aromatic nitrogens is 1. The average Bonchev–Trinajstić information content (AvgIpc) is 2.48. The van der Waals surface area contributed by atoms with Crippen LogP contribution in [0.1, 0.15) is 11.1 Å². The quantitative estimate of drug-likeness (QED) is 0.651. The molecule has 0 aliphatic carbocycles. The Morgan fingerprint density at radius 3 is 3.00 bits per heavy atom. The highest BCUT2D eigenvalue weighted by atomic mass is 35.5. The van der Waals surface area contributed by atoms with Crippen molar-refractivity contribution in [1.29, 1.82) is 0 Å². The lowest BCUT2D eigenvalue weighted by atomic mass is 10.1. The van der Waals surface area contributed by atoms with E-state index in [-0.39, 0.29) is 0 Å². The van der Waals surface area contributed by atoms with Crippen molar-refractivity contribution in [3.63, 3.8) is 0 Å². The second kappa shape index (κ2) is 3.86. The van der Waals surface area contributed by atoms with Gasteiger partial charge in [-0.25, -0.2) is 4.98 Å². The van der Waals surface area contributed by atoms with Crippen LogP contribution in [0.2, 0.25) is 5.02 Å². The number of pyridine rings is 1. The predicted octanol–water partition coefficient (Wildman–Crippen LogP) is 3.85. The number of benzene rings is 1. The summed E-state index contributed by atoms with van der Waals surface area (Å²) in [6, 6.07) is 7.89. The van der Waals surface area contributed by atoms with Gasteiger partial charge in [0.05, 0.1) is 5.02 Å². The Labute approximate surface area is 104 Å². The van der Waals surface area contributed by atoms with Crippen LogP contribution in [0.5, 0.6) is 0 Å². The minimum atomic E-state index is 0.600. The fourth-order valence-corrected chi connectivity index (χ4v) is 1.99. The lowest BCUT2D eigenvalue weighted by Crippen LogP contribution is -1.95. The van der Waals surface area contributed by atoms with Gasteiger partial charge in [0.1, 0.15) is 5.69 Å². The molecule has 4 heteroatoms. The summed E-state index contributed by atoms with van der Waals surface area (Å²) in [5.74, 6) is 0.693. The smallest absolute Gasteiger partial charge is 0.157 e. The molecule has 0 saturated heterocycles. The van der Waals surface area contributed by atoms with E-state index in [2.05, 4.69) is 34.3 Å². The monoisotopic (exact) mass is 243 g/mol. The van der Waals surface area contributed by atoms with Crippen LogP contribution < -0.4 is 5.32 Å². The van der Waals surface area contributed by atoms with Gasteiger partial charge in [0.2, 0.25) is 0 Å². The molecular formula is C13H10ClN3. The number of aryl methyl sites for hydroxylation is 1. The molecule has 1 aliphatic heterocycles. The molecule has 3 rings (SSSR count). The van der Waals surface area contributed by atoms with Crippen molar-refractivity contribution in [3.8, 4) is 0 Å². The third-order valence-corrected chi connectivity index (χ3v) is 2.97. The number of hydrogen-bond acceptors (Lipinski definition) is 3. The van der Waals surface area contributed by atoms with Crippen LogP contribution in [0.3, 0.4) is 0 Å². The third-order valence-electron chi connectivity index (χ3n) is 2.67. The molecule has 84 valence electrons. The van der Waals surface area contributed by atoms with Gasteiger partial charge < -0.3 is 5.32 Å². The fraction of sp³-hybridized carbons (Fsp3) is 0.0769. The van der Waals surface area contributed by atoms with Gasteiger partial charge >= 0.3 is 0 Å². The van der Waals surface area contributed by atoms with Crippen molar-refractivity contribution in [2.45, 2.75) is 6.92 Å². The van der Waals surface area contributed by atoms with Crippen LogP contribution in [-0.2, 0) is 0 Å². The number of rotatable bonds is 0. The summed E-state index contributed by atoms with van der Waals surface area (Å²) >= 11 is 6.10. The van der Waals surface area contributed by atoms with E-state index < -0.39 is 0 Å². The van der Waals surface area contributed by atoms with Crippen LogP contribution in [0, 0.1) is 6.92 Å². The van der Waals surface area contributed by atoms with Crippen molar-refractivity contribution in [3.05, 3.63) is 46.6 Å². The second-order valence-corrected chi connectivity index (χ2v) is 4.37. The minimum absolute atomic E-state index is 0.600. The molecule has 3 nitrogen and oxygen atoms in total. The van der Waals surface area contributed by atoms with E-state index in [4.69, 9.17) is 11.6 Å². The molecule has 0 unspecified atom stereocenters. The molecule has 2 aromatic rings. The van der Waals surface area contributed by atoms with Gasteiger partial charge in [-0.15, -0.1) is 0 Å². The summed E-state index contributed by atoms with van der Waals surface area (Å²) in [6.45, 7) is 2.05. The number of nitrogens with zero attached hydrogens (tertiary/aromatic N) is 2. The first-order chi connectivity index (χ1) is 8.24. The summed E-state index contributed by atoms with van der Waals surface area (Å²) in [5, 5.41) is 3.86. The number of nitrogens with one attached hydrogen (secondary N) is 1. The van der Waals surface area contributed by atoms with E-state index >= 15 is 0 Å². The Kier molecular flexibility index (Phi) is 2.34. The molecule has 1 aliphatic rings. The maximum Gasteiger partial charge on any atom is 0.157 e. The molecule has 0 bridgehead atoms. The Morgan fingerprint density at radius 1 is 1.24 bits per heavy atom. The van der Waals surface area contributed by atoms with E-state index in [9.17, 15) is 0 Å². The topological polar surface area (TPSA) is 37.3 Å². The third kappa shape index (κ3) is 1.78. The lowest BCUT2D eigenvalue weighted by molar-refractivity contribution is 1.29. The Bertz CT molecular complexity index is 620. The average molecular weight is 244 g/mol. The van der Waals surface area contributed by atoms with Gasteiger partial charge in [-0.1, -0.05) is 23.7 Å². The maximum absolute atomic E-state index is 6.10. The maximum atomic E-state index is 6.10. The summed E-state index contributed by atoms with van der Waals surface area (Å²) < 4.78 is 0. The molecular weight excluding hydrogens is 234 g/mol. The van der Waals surface area contributed by atoms with Gasteiger partial charge in [0.25, 0.3) is 0 Å². The number of fused-ring (bicyclic) bond motifs is 2. The highest BCUT2D eigenvalue weighted by Crippen LogP contribution is 2.35. The molecule has 0 fully saturated rings. The number of aliphatic imine (C=N–C) groups is 1. The first-order valence-electron chi connectivity index (χ1n) is 5.30. The minimum Gasteiger partial charge on any atom is -0.338 e. The fourth-order valence-electron chi connectivity index (χ4n) is 1.80. The van der Waals surface area contributed by atoms with Crippen LogP contribution in [0.15, 0.2) is 35.5 Å². The second-order valence-electron chi connectivity index (χ2n) is 3.96. The van der Waals surface area contributed by atoms with Crippen LogP contribution in [0.4, 0.5) is 17.2 Å². The number of hydrogen-bond donors (Lipinski definition) is 1. The number of halogens is 1. The Hall–Kier alpha value is -1.87. The first kappa shape index (κ1) is 10.3. The molecule has 1 N–H and O–H groups in total. The molecule has 0 amide bonds. The molecule has 0 spiro atoms. The SMILES string of the molecule is Cc1ccc2c(c1)Nc1nccc(Cl)c1N=C2. The molecule has 1 aromatic heterocycles. The molecule has 17 heavy (non-hydrogen) atoms. The van der Waals surface area contributed by atoms with E-state index in [1.54, 1.807) is 18.5 Å². The van der Waals surface area contributed by atoms with Crippen LogP contribution in [0.25, 0.3) is 0 Å². The van der Waals surface area contributed by atoms with Gasteiger partial charge in [0.15, 0.2) is 5.82 Å². The summed E-state index contributed by atoms with van der Waals surface area (Å²) in [5.41, 5.74) is 3.91. The zero-order valence-electron chi connectivity index (χ0n) is 9.24. The van der Waals surface area contributed by atoms with Gasteiger partial charge in [-0.2, -0.15) is 0 Å². The summed E-state index contributed by atoms with van der Waals surface area (Å²) in [4.78, 5) is 8.63. The van der Waals surface area contributed by atoms with Crippen LogP contribution >= 0.6 is 11.6 Å². The highest BCUT2D eigenvalue weighted by Gasteiger charge is 2.12. The standard InChI is InChI=1S/C13H10ClN3/c1-8-2-3-9-7-16-12-10(14)4-5-15-13(12)17-11(9)6-8/h2-7H,1H3,(H,15,17). The van der Waals surface area contributed by atoms with Crippen molar-refractivity contribution in [1.82, 2.24) is 4.98 Å². The van der Waals surface area contributed by atoms with Gasteiger partial charge in [0, 0.05) is 23.7 Å². The zero-order valence-corrected chi connectivity index (χ0v) is 9.99. The Morgan fingerprint density at radius 2 is 2.12 bits per heavy atom. The lowest BCUT2D eigenvalue weighted by Gasteiger charge is -2.08. The molecule has 2 heterocycles. The van der Waals surface area contributed by atoms with E-state index in [0.717, 1.165) is 11.3 Å². The van der Waals surface area contributed by atoms with Crippen molar-refractivity contribution >= 4 is 35.0 Å². The number of anilines is 2. The highest BCUT2D eigenvalue weighted by molar-refractivity contribution is 6.33. The molecule has 0 radical (unpaired) electrons. The molecule has 1 aromatic carbocycles. The van der Waals surface area contributed by atoms with Crippen molar-refractivity contribution < 1.29 is 0 Å². The summed E-state index contributed by atoms with van der Waals surface area (Å²) in [6.07, 6.45) is 3.48. The van der Waals surface area contributed by atoms with Gasteiger partial charge in [-0.05, 0) is 24.6 Å². The molecule has 0 saturated carbocycles. The van der Waals surface area contributed by atoms with Crippen LogP contribution in [-0.4, -0.2) is 11.2 Å². The normalized spacial score (nSPS) is 12.4.